The number of amides is 1. The van der Waals surface area contributed by atoms with Crippen molar-refractivity contribution in [3.8, 4) is 17.0 Å². The molecule has 0 saturated carbocycles. The van der Waals surface area contributed by atoms with Gasteiger partial charge >= 0.3 is 0 Å². The summed E-state index contributed by atoms with van der Waals surface area (Å²) in [5.41, 5.74) is 3.51. The van der Waals surface area contributed by atoms with Crippen LogP contribution in [0.15, 0.2) is 35.1 Å². The molecule has 164 valence electrons. The minimum atomic E-state index is -0.188. The fourth-order valence-corrected chi connectivity index (χ4v) is 3.99. The average Bonchev–Trinajstić information content (AvgIpc) is 3.46. The summed E-state index contributed by atoms with van der Waals surface area (Å²) < 4.78 is 14.2. The first-order valence-electron chi connectivity index (χ1n) is 10.6. The third kappa shape index (κ3) is 4.34. The van der Waals surface area contributed by atoms with E-state index in [-0.39, 0.29) is 24.0 Å². The van der Waals surface area contributed by atoms with E-state index in [1.165, 1.54) is 4.52 Å². The Morgan fingerprint density at radius 3 is 2.94 bits per heavy atom. The molecular weight excluding hydrogens is 396 g/mol. The SMILES string of the molecule is COc1cccc(-c2cc3n(C)c(C)c(CCC(=O)NC[C@H]4CCCO4)c(=O)n3n2)c1. The number of nitrogens with one attached hydrogen (secondary N) is 1. The van der Waals surface area contributed by atoms with Crippen molar-refractivity contribution in [3.63, 3.8) is 0 Å². The van der Waals surface area contributed by atoms with Crippen LogP contribution < -0.4 is 15.6 Å². The van der Waals surface area contributed by atoms with Gasteiger partial charge in [-0.1, -0.05) is 12.1 Å². The van der Waals surface area contributed by atoms with E-state index in [4.69, 9.17) is 9.47 Å². The number of rotatable bonds is 7. The number of carbonyl (C=O) groups excluding carboxylic acids is 1. The quantitative estimate of drug-likeness (QED) is 0.629. The maximum atomic E-state index is 13.2. The maximum Gasteiger partial charge on any atom is 0.277 e. The van der Waals surface area contributed by atoms with Crippen LogP contribution in [0.2, 0.25) is 0 Å². The van der Waals surface area contributed by atoms with Crippen molar-refractivity contribution in [2.24, 2.45) is 7.05 Å². The fourth-order valence-electron chi connectivity index (χ4n) is 3.99. The van der Waals surface area contributed by atoms with Crippen LogP contribution in [-0.4, -0.2) is 46.5 Å². The molecule has 0 radical (unpaired) electrons. The van der Waals surface area contributed by atoms with Gasteiger partial charge in [-0.25, -0.2) is 0 Å². The molecule has 3 heterocycles. The summed E-state index contributed by atoms with van der Waals surface area (Å²) >= 11 is 0. The number of fused-ring (bicyclic) bond motifs is 1. The molecule has 2 aromatic heterocycles. The van der Waals surface area contributed by atoms with Gasteiger partial charge in [0.2, 0.25) is 5.91 Å². The van der Waals surface area contributed by atoms with Crippen LogP contribution >= 0.6 is 0 Å². The van der Waals surface area contributed by atoms with E-state index in [2.05, 4.69) is 10.4 Å². The van der Waals surface area contributed by atoms with Gasteiger partial charge in [0, 0.05) is 49.5 Å². The van der Waals surface area contributed by atoms with Gasteiger partial charge in [0.1, 0.15) is 11.4 Å². The molecular formula is C23H28N4O4. The van der Waals surface area contributed by atoms with Crippen LogP contribution in [0.3, 0.4) is 0 Å². The van der Waals surface area contributed by atoms with E-state index < -0.39 is 0 Å². The highest BCUT2D eigenvalue weighted by Crippen LogP contribution is 2.24. The Bertz CT molecular complexity index is 1160. The number of hydrogen-bond donors (Lipinski definition) is 1. The third-order valence-corrected chi connectivity index (χ3v) is 5.94. The molecule has 1 fully saturated rings. The van der Waals surface area contributed by atoms with Crippen LogP contribution in [0.5, 0.6) is 5.75 Å². The standard InChI is InChI=1S/C23H28N4O4/c1-15-19(9-10-21(28)24-14-18-8-5-11-31-18)23(29)27-22(26(15)2)13-20(25-27)16-6-4-7-17(12-16)30-3/h4,6-7,12-13,18H,5,8-11,14H2,1-3H3,(H,24,28)/t18-/m1/s1. The number of hydrogen-bond acceptors (Lipinski definition) is 5. The molecule has 1 saturated heterocycles. The Morgan fingerprint density at radius 2 is 2.19 bits per heavy atom. The molecule has 0 bridgehead atoms. The van der Waals surface area contributed by atoms with Gasteiger partial charge in [0.05, 0.1) is 18.9 Å². The van der Waals surface area contributed by atoms with Crippen molar-refractivity contribution in [1.82, 2.24) is 19.5 Å². The van der Waals surface area contributed by atoms with Gasteiger partial charge in [0.25, 0.3) is 5.56 Å². The van der Waals surface area contributed by atoms with E-state index in [0.29, 0.717) is 29.9 Å². The van der Waals surface area contributed by atoms with Gasteiger partial charge < -0.3 is 19.4 Å². The highest BCUT2D eigenvalue weighted by atomic mass is 16.5. The van der Waals surface area contributed by atoms with Gasteiger partial charge in [0.15, 0.2) is 0 Å². The first-order valence-corrected chi connectivity index (χ1v) is 10.6. The van der Waals surface area contributed by atoms with Crippen molar-refractivity contribution < 1.29 is 14.3 Å². The molecule has 1 amide bonds. The highest BCUT2D eigenvalue weighted by Gasteiger charge is 2.18. The zero-order valence-corrected chi connectivity index (χ0v) is 18.2. The zero-order valence-electron chi connectivity index (χ0n) is 18.2. The first-order chi connectivity index (χ1) is 15.0. The van der Waals surface area contributed by atoms with Gasteiger partial charge in [-0.2, -0.15) is 9.61 Å². The number of methoxy groups -OCH3 is 1. The lowest BCUT2D eigenvalue weighted by atomic mass is 10.1. The number of aryl methyl sites for hydroxylation is 1. The van der Waals surface area contributed by atoms with Gasteiger partial charge in [-0.15, -0.1) is 0 Å². The molecule has 1 atom stereocenters. The van der Waals surface area contributed by atoms with E-state index in [9.17, 15) is 9.59 Å². The predicted octanol–water partition coefficient (Wildman–Crippen LogP) is 2.24. The lowest BCUT2D eigenvalue weighted by Crippen LogP contribution is -2.32. The second-order valence-corrected chi connectivity index (χ2v) is 7.90. The largest absolute Gasteiger partial charge is 0.497 e. The van der Waals surface area contributed by atoms with Crippen LogP contribution in [0.4, 0.5) is 0 Å². The van der Waals surface area contributed by atoms with Crippen molar-refractivity contribution in [2.75, 3.05) is 20.3 Å². The summed E-state index contributed by atoms with van der Waals surface area (Å²) in [5.74, 6) is 0.654. The van der Waals surface area contributed by atoms with E-state index >= 15 is 0 Å². The number of nitrogens with zero attached hydrogens (tertiary/aromatic N) is 3. The van der Waals surface area contributed by atoms with Crippen LogP contribution in [0.25, 0.3) is 16.9 Å². The molecule has 0 aliphatic carbocycles. The van der Waals surface area contributed by atoms with Crippen LogP contribution in [-0.2, 0) is 23.0 Å². The maximum absolute atomic E-state index is 13.2. The summed E-state index contributed by atoms with van der Waals surface area (Å²) in [4.78, 5) is 25.4. The average molecular weight is 425 g/mol. The summed E-state index contributed by atoms with van der Waals surface area (Å²) in [7, 11) is 3.52. The minimum absolute atomic E-state index is 0.0745. The normalized spacial score (nSPS) is 16.0. The Morgan fingerprint density at radius 1 is 1.35 bits per heavy atom. The molecule has 1 aliphatic heterocycles. The number of benzene rings is 1. The molecule has 3 aromatic rings. The Balaban J connectivity index is 1.56. The highest BCUT2D eigenvalue weighted by molar-refractivity contribution is 5.76. The van der Waals surface area contributed by atoms with Gasteiger partial charge in [-0.3, -0.25) is 9.59 Å². The first kappa shape index (κ1) is 21.1. The summed E-state index contributed by atoms with van der Waals surface area (Å²) in [6.07, 6.45) is 2.73. The number of aromatic nitrogens is 3. The Hall–Kier alpha value is -3.13. The van der Waals surface area contributed by atoms with Crippen molar-refractivity contribution in [2.45, 2.75) is 38.7 Å². The van der Waals surface area contributed by atoms with Crippen LogP contribution in [0, 0.1) is 6.92 Å². The molecule has 1 aliphatic rings. The van der Waals surface area contributed by atoms with E-state index in [1.807, 2.05) is 48.9 Å². The molecule has 0 unspecified atom stereocenters. The zero-order chi connectivity index (χ0) is 22.0. The third-order valence-electron chi connectivity index (χ3n) is 5.94. The smallest absolute Gasteiger partial charge is 0.277 e. The second kappa shape index (κ2) is 8.93. The van der Waals surface area contributed by atoms with Crippen molar-refractivity contribution >= 4 is 11.6 Å². The molecule has 31 heavy (non-hydrogen) atoms. The molecule has 4 rings (SSSR count). The lowest BCUT2D eigenvalue weighted by molar-refractivity contribution is -0.121. The summed E-state index contributed by atoms with van der Waals surface area (Å²) in [5, 5.41) is 7.46. The molecule has 8 heteroatoms. The van der Waals surface area contributed by atoms with E-state index in [0.717, 1.165) is 36.5 Å². The van der Waals surface area contributed by atoms with Crippen LogP contribution in [0.1, 0.15) is 30.5 Å². The Labute approximate surface area is 180 Å². The second-order valence-electron chi connectivity index (χ2n) is 7.90. The lowest BCUT2D eigenvalue weighted by Gasteiger charge is -2.13. The minimum Gasteiger partial charge on any atom is -0.497 e. The predicted molar refractivity (Wildman–Crippen MR) is 117 cm³/mol. The molecule has 8 nitrogen and oxygen atoms in total. The molecule has 1 N–H and O–H groups in total. The molecule has 1 aromatic carbocycles. The summed E-state index contributed by atoms with van der Waals surface area (Å²) in [6.45, 7) is 3.19. The Kier molecular flexibility index (Phi) is 6.08. The molecule has 0 spiro atoms. The number of ether oxygens (including phenoxy) is 2. The summed E-state index contributed by atoms with van der Waals surface area (Å²) in [6, 6.07) is 9.47. The van der Waals surface area contributed by atoms with Gasteiger partial charge in [-0.05, 0) is 38.3 Å². The number of carbonyl (C=O) groups is 1. The van der Waals surface area contributed by atoms with Crippen molar-refractivity contribution in [1.29, 1.82) is 0 Å². The fraction of sp³-hybridized carbons (Fsp3) is 0.435. The monoisotopic (exact) mass is 424 g/mol. The topological polar surface area (TPSA) is 86.9 Å². The van der Waals surface area contributed by atoms with Crippen molar-refractivity contribution in [3.05, 3.63) is 51.9 Å². The van der Waals surface area contributed by atoms with E-state index in [1.54, 1.807) is 7.11 Å².